The molecule has 0 saturated heterocycles. The monoisotopic (exact) mass is 644 g/mol. The van der Waals surface area contributed by atoms with Crippen molar-refractivity contribution in [2.75, 3.05) is 29.9 Å². The summed E-state index contributed by atoms with van der Waals surface area (Å²) in [6.45, 7) is 1.80. The largest absolute Gasteiger partial charge is 0.493 e. The number of amides is 1. The van der Waals surface area contributed by atoms with E-state index in [2.05, 4.69) is 20.0 Å². The smallest absolute Gasteiger partial charge is 0.279 e. The second-order valence-corrected chi connectivity index (χ2v) is 14.9. The van der Waals surface area contributed by atoms with Gasteiger partial charge in [-0.2, -0.15) is 8.42 Å². The number of sulfonamides is 1. The zero-order valence-corrected chi connectivity index (χ0v) is 26.0. The number of hydrogen-bond donors (Lipinski definition) is 3. The van der Waals surface area contributed by atoms with Crippen molar-refractivity contribution < 1.29 is 31.2 Å². The van der Waals surface area contributed by atoms with Gasteiger partial charge in [0.2, 0.25) is 0 Å². The van der Waals surface area contributed by atoms with Crippen molar-refractivity contribution in [3.63, 3.8) is 0 Å². The van der Waals surface area contributed by atoms with Crippen molar-refractivity contribution in [2.45, 2.75) is 29.4 Å². The highest BCUT2D eigenvalue weighted by Crippen LogP contribution is 2.32. The Balaban J connectivity index is 1.55. The molecule has 4 aromatic rings. The molecule has 43 heavy (non-hydrogen) atoms. The van der Waals surface area contributed by atoms with Crippen LogP contribution in [-0.4, -0.2) is 69.4 Å². The zero-order chi connectivity index (χ0) is 31.0. The number of benzene rings is 2. The third-order valence-electron chi connectivity index (χ3n) is 6.26. The molecule has 11 nitrogen and oxygen atoms in total. The number of aromatic amines is 1. The fraction of sp³-hybridized carbons (Fsp3) is 0.276. The van der Waals surface area contributed by atoms with E-state index < -0.39 is 31.0 Å². The Labute approximate surface area is 254 Å². The standard InChI is InChI=1S/C29H32N4O7S3/c1-20-8-6-11-30-29(20)43(38,39)33-25-16-23(40-12-7-13-42(2,36)37)14-22-15-26(32-27(22)25)28(35)31-17-24(18-34)41-19-21-9-4-3-5-10-21/h3-6,8-11,14-16,18,24,32-33H,7,12-13,17,19H2,1-2H3,(H,31,35). The molecule has 0 bridgehead atoms. The molecule has 0 saturated carbocycles. The van der Waals surface area contributed by atoms with Gasteiger partial charge in [-0.25, -0.2) is 13.4 Å². The Bertz CT molecular complexity index is 1810. The number of aromatic nitrogens is 2. The van der Waals surface area contributed by atoms with Crippen molar-refractivity contribution in [3.8, 4) is 5.75 Å². The van der Waals surface area contributed by atoms with E-state index in [9.17, 15) is 26.4 Å². The molecule has 1 unspecified atom stereocenters. The molecule has 0 radical (unpaired) electrons. The number of thioether (sulfide) groups is 1. The first kappa shape index (κ1) is 32.0. The molecule has 0 aliphatic heterocycles. The topological polar surface area (TPSA) is 164 Å². The average molecular weight is 645 g/mol. The van der Waals surface area contributed by atoms with Gasteiger partial charge in [-0.05, 0) is 42.7 Å². The van der Waals surface area contributed by atoms with Crippen LogP contribution >= 0.6 is 11.8 Å². The number of hydrogen-bond acceptors (Lipinski definition) is 9. The molecule has 4 rings (SSSR count). The van der Waals surface area contributed by atoms with Crippen LogP contribution in [0, 0.1) is 6.92 Å². The van der Waals surface area contributed by atoms with Crippen LogP contribution in [-0.2, 0) is 30.4 Å². The summed E-state index contributed by atoms with van der Waals surface area (Å²) in [6, 6.07) is 17.5. The number of H-pyrrole nitrogens is 1. The number of rotatable bonds is 15. The van der Waals surface area contributed by atoms with Gasteiger partial charge in [0.15, 0.2) is 5.03 Å². The summed E-state index contributed by atoms with van der Waals surface area (Å²) in [5.74, 6) is 0.348. The summed E-state index contributed by atoms with van der Waals surface area (Å²) in [5.41, 5.74) is 2.10. The lowest BCUT2D eigenvalue weighted by atomic mass is 10.2. The quantitative estimate of drug-likeness (QED) is 0.129. The summed E-state index contributed by atoms with van der Waals surface area (Å²) in [5, 5.41) is 2.62. The number of nitrogens with one attached hydrogen (secondary N) is 3. The number of pyridine rings is 1. The SMILES string of the molecule is Cc1cccnc1S(=O)(=O)Nc1cc(OCCCS(C)(=O)=O)cc2cc(C(=O)NCC(C=O)SCc3ccccc3)[nH]c12. The number of fused-ring (bicyclic) bond motifs is 1. The lowest BCUT2D eigenvalue weighted by Crippen LogP contribution is -2.31. The predicted molar refractivity (Wildman–Crippen MR) is 168 cm³/mol. The Kier molecular flexibility index (Phi) is 10.5. The third kappa shape index (κ3) is 9.05. The lowest BCUT2D eigenvalue weighted by molar-refractivity contribution is -0.107. The van der Waals surface area contributed by atoms with E-state index in [1.165, 1.54) is 24.0 Å². The number of carbonyl (C=O) groups is 2. The number of aryl methyl sites for hydroxylation is 1. The number of sulfone groups is 1. The van der Waals surface area contributed by atoms with E-state index in [-0.39, 0.29) is 47.5 Å². The van der Waals surface area contributed by atoms with Gasteiger partial charge < -0.3 is 19.8 Å². The van der Waals surface area contributed by atoms with Crippen molar-refractivity contribution in [1.29, 1.82) is 0 Å². The number of aldehydes is 1. The minimum absolute atomic E-state index is 0.0619. The highest BCUT2D eigenvalue weighted by Gasteiger charge is 2.22. The van der Waals surface area contributed by atoms with E-state index in [0.717, 1.165) is 18.1 Å². The van der Waals surface area contributed by atoms with Crippen LogP contribution in [0.1, 0.15) is 28.0 Å². The lowest BCUT2D eigenvalue weighted by Gasteiger charge is -2.13. The number of ether oxygens (including phenoxy) is 1. The van der Waals surface area contributed by atoms with Crippen LogP contribution in [0.3, 0.4) is 0 Å². The van der Waals surface area contributed by atoms with E-state index in [0.29, 0.717) is 22.2 Å². The summed E-state index contributed by atoms with van der Waals surface area (Å²) in [6.07, 6.45) is 3.54. The normalized spacial score (nSPS) is 12.5. The van der Waals surface area contributed by atoms with Crippen LogP contribution in [0.5, 0.6) is 5.75 Å². The summed E-state index contributed by atoms with van der Waals surface area (Å²) < 4.78 is 57.7. The van der Waals surface area contributed by atoms with Gasteiger partial charge in [0.25, 0.3) is 15.9 Å². The molecule has 0 fully saturated rings. The van der Waals surface area contributed by atoms with Gasteiger partial charge in [-0.15, -0.1) is 11.8 Å². The maximum absolute atomic E-state index is 13.3. The Hall–Kier alpha value is -3.88. The van der Waals surface area contributed by atoms with Crippen molar-refractivity contribution in [1.82, 2.24) is 15.3 Å². The zero-order valence-electron chi connectivity index (χ0n) is 23.6. The molecule has 0 aliphatic rings. The number of nitrogens with zero attached hydrogens (tertiary/aromatic N) is 1. The van der Waals surface area contributed by atoms with E-state index >= 15 is 0 Å². The van der Waals surface area contributed by atoms with Crippen LogP contribution in [0.15, 0.2) is 71.9 Å². The second-order valence-electron chi connectivity index (χ2n) is 9.86. The maximum Gasteiger partial charge on any atom is 0.279 e. The number of carbonyl (C=O) groups excluding carboxylic acids is 2. The van der Waals surface area contributed by atoms with Crippen LogP contribution in [0.2, 0.25) is 0 Å². The second kappa shape index (κ2) is 14.1. The van der Waals surface area contributed by atoms with Crippen LogP contribution < -0.4 is 14.8 Å². The first-order chi connectivity index (χ1) is 20.4. The third-order valence-corrected chi connectivity index (χ3v) is 9.92. The molecule has 3 N–H and O–H groups in total. The molecule has 0 aliphatic carbocycles. The molecular formula is C29H32N4O7S3. The molecule has 14 heteroatoms. The summed E-state index contributed by atoms with van der Waals surface area (Å²) in [7, 11) is -7.29. The highest BCUT2D eigenvalue weighted by molar-refractivity contribution is 7.99. The average Bonchev–Trinajstić information content (AvgIpc) is 3.40. The minimum Gasteiger partial charge on any atom is -0.493 e. The first-order valence-corrected chi connectivity index (χ1v) is 17.8. The van der Waals surface area contributed by atoms with Gasteiger partial charge in [0, 0.05) is 36.2 Å². The fourth-order valence-corrected chi connectivity index (χ4v) is 6.93. The van der Waals surface area contributed by atoms with E-state index in [1.807, 2.05) is 30.3 Å². The van der Waals surface area contributed by atoms with Gasteiger partial charge in [-0.1, -0.05) is 36.4 Å². The number of anilines is 1. The van der Waals surface area contributed by atoms with Crippen molar-refractivity contribution in [3.05, 3.63) is 83.7 Å². The molecule has 228 valence electrons. The minimum atomic E-state index is -4.12. The Morgan fingerprint density at radius 3 is 2.56 bits per heavy atom. The summed E-state index contributed by atoms with van der Waals surface area (Å²) in [4.78, 5) is 31.7. The summed E-state index contributed by atoms with van der Waals surface area (Å²) >= 11 is 1.41. The molecule has 0 spiro atoms. The maximum atomic E-state index is 13.3. The van der Waals surface area contributed by atoms with Gasteiger partial charge in [0.05, 0.1) is 28.8 Å². The molecular weight excluding hydrogens is 613 g/mol. The highest BCUT2D eigenvalue weighted by atomic mass is 32.2. The predicted octanol–water partition coefficient (Wildman–Crippen LogP) is 3.72. The molecule has 1 amide bonds. The first-order valence-electron chi connectivity index (χ1n) is 13.3. The van der Waals surface area contributed by atoms with Gasteiger partial charge in [0.1, 0.15) is 27.6 Å². The molecule has 2 aromatic heterocycles. The van der Waals surface area contributed by atoms with Crippen LogP contribution in [0.4, 0.5) is 5.69 Å². The van der Waals surface area contributed by atoms with Crippen LogP contribution in [0.25, 0.3) is 10.9 Å². The molecule has 1 atom stereocenters. The van der Waals surface area contributed by atoms with Gasteiger partial charge in [-0.3, -0.25) is 9.52 Å². The fourth-order valence-electron chi connectivity index (χ4n) is 4.17. The molecule has 2 heterocycles. The van der Waals surface area contributed by atoms with E-state index in [1.54, 1.807) is 31.2 Å². The van der Waals surface area contributed by atoms with Crippen molar-refractivity contribution in [2.24, 2.45) is 0 Å². The van der Waals surface area contributed by atoms with Crippen molar-refractivity contribution >= 4 is 60.4 Å². The van der Waals surface area contributed by atoms with E-state index in [4.69, 9.17) is 4.74 Å². The molecule has 2 aromatic carbocycles. The Morgan fingerprint density at radius 1 is 1.09 bits per heavy atom. The Morgan fingerprint density at radius 2 is 1.86 bits per heavy atom. The van der Waals surface area contributed by atoms with Gasteiger partial charge >= 0.3 is 0 Å².